The molecule has 1 aliphatic heterocycles. The van der Waals surface area contributed by atoms with E-state index in [4.69, 9.17) is 5.73 Å². The van der Waals surface area contributed by atoms with E-state index in [2.05, 4.69) is 10.3 Å². The first kappa shape index (κ1) is 8.68. The molecule has 4 heteroatoms. The van der Waals surface area contributed by atoms with Gasteiger partial charge in [-0.2, -0.15) is 0 Å². The highest BCUT2D eigenvalue weighted by atomic mass is 32.1. The van der Waals surface area contributed by atoms with E-state index >= 15 is 0 Å². The summed E-state index contributed by atoms with van der Waals surface area (Å²) in [4.78, 5) is 5.83. The molecule has 0 saturated carbocycles. The number of nitrogens with one attached hydrogen (secondary N) is 1. The Kier molecular flexibility index (Phi) is 1.99. The molecule has 2 aliphatic rings. The van der Waals surface area contributed by atoms with Crippen LogP contribution in [0.15, 0.2) is 0 Å². The van der Waals surface area contributed by atoms with Crippen molar-refractivity contribution in [2.75, 3.05) is 12.3 Å². The molecule has 1 fully saturated rings. The van der Waals surface area contributed by atoms with Gasteiger partial charge in [0.05, 0.1) is 5.69 Å². The lowest BCUT2D eigenvalue weighted by Crippen LogP contribution is -2.45. The quantitative estimate of drug-likeness (QED) is 0.675. The van der Waals surface area contributed by atoms with E-state index in [9.17, 15) is 0 Å². The van der Waals surface area contributed by atoms with E-state index in [-0.39, 0.29) is 0 Å². The Morgan fingerprint density at radius 2 is 2.36 bits per heavy atom. The lowest BCUT2D eigenvalue weighted by molar-refractivity contribution is 0.263. The molecule has 0 spiro atoms. The van der Waals surface area contributed by atoms with Gasteiger partial charge in [0, 0.05) is 10.9 Å². The van der Waals surface area contributed by atoms with E-state index in [1.807, 2.05) is 0 Å². The van der Waals surface area contributed by atoms with Crippen LogP contribution in [0.1, 0.15) is 23.4 Å². The molecule has 3 nitrogen and oxygen atoms in total. The maximum Gasteiger partial charge on any atom is 0.180 e. The van der Waals surface area contributed by atoms with Crippen molar-refractivity contribution < 1.29 is 0 Å². The van der Waals surface area contributed by atoms with Crippen LogP contribution in [-0.2, 0) is 12.8 Å². The summed E-state index contributed by atoms with van der Waals surface area (Å²) in [5.41, 5.74) is 7.01. The van der Waals surface area contributed by atoms with Gasteiger partial charge in [0.25, 0.3) is 0 Å². The first-order valence-corrected chi connectivity index (χ1v) is 6.12. The maximum absolute atomic E-state index is 5.73. The Balaban J connectivity index is 1.90. The number of aromatic nitrogens is 1. The molecule has 0 amide bonds. The lowest BCUT2D eigenvalue weighted by atomic mass is 9.81. The van der Waals surface area contributed by atoms with Crippen molar-refractivity contribution in [1.82, 2.24) is 10.3 Å². The molecule has 14 heavy (non-hydrogen) atoms. The molecule has 0 radical (unpaired) electrons. The Morgan fingerprint density at radius 1 is 1.43 bits per heavy atom. The van der Waals surface area contributed by atoms with Gasteiger partial charge in [-0.15, -0.1) is 11.3 Å². The molecular weight excluding hydrogens is 194 g/mol. The summed E-state index contributed by atoms with van der Waals surface area (Å²) < 4.78 is 0. The molecule has 2 heterocycles. The highest BCUT2D eigenvalue weighted by molar-refractivity contribution is 7.15. The average molecular weight is 209 g/mol. The fourth-order valence-electron chi connectivity index (χ4n) is 2.67. The predicted molar refractivity (Wildman–Crippen MR) is 58.4 cm³/mol. The molecule has 1 aromatic heterocycles. The van der Waals surface area contributed by atoms with Gasteiger partial charge < -0.3 is 11.1 Å². The van der Waals surface area contributed by atoms with E-state index in [0.29, 0.717) is 6.04 Å². The Hall–Kier alpha value is -0.610. The largest absolute Gasteiger partial charge is 0.375 e. The molecule has 3 rings (SSSR count). The van der Waals surface area contributed by atoms with E-state index in [1.54, 1.807) is 11.3 Å². The number of nitrogens with two attached hydrogens (primary N) is 1. The first-order chi connectivity index (χ1) is 6.83. The van der Waals surface area contributed by atoms with Crippen molar-refractivity contribution in [3.05, 3.63) is 10.6 Å². The number of nitrogen functional groups attached to an aromatic ring is 1. The van der Waals surface area contributed by atoms with Gasteiger partial charge in [0.2, 0.25) is 0 Å². The van der Waals surface area contributed by atoms with Crippen molar-refractivity contribution in [3.8, 4) is 0 Å². The van der Waals surface area contributed by atoms with Gasteiger partial charge in [-0.25, -0.2) is 4.98 Å². The summed E-state index contributed by atoms with van der Waals surface area (Å²) in [7, 11) is 0. The summed E-state index contributed by atoms with van der Waals surface area (Å²) in [6.07, 6.45) is 4.96. The smallest absolute Gasteiger partial charge is 0.180 e. The Labute approximate surface area is 87.7 Å². The van der Waals surface area contributed by atoms with Crippen molar-refractivity contribution in [2.45, 2.75) is 31.7 Å². The third-order valence-corrected chi connectivity index (χ3v) is 4.33. The number of fused-ring (bicyclic) bond motifs is 2. The van der Waals surface area contributed by atoms with Crippen LogP contribution in [0.4, 0.5) is 5.13 Å². The molecule has 0 bridgehead atoms. The van der Waals surface area contributed by atoms with E-state index in [0.717, 1.165) is 23.9 Å². The maximum atomic E-state index is 5.73. The predicted octanol–water partition coefficient (Wildman–Crippen LogP) is 1.19. The minimum Gasteiger partial charge on any atom is -0.375 e. The van der Waals surface area contributed by atoms with Crippen LogP contribution >= 0.6 is 11.3 Å². The van der Waals surface area contributed by atoms with Crippen molar-refractivity contribution in [3.63, 3.8) is 0 Å². The van der Waals surface area contributed by atoms with Crippen LogP contribution < -0.4 is 11.1 Å². The van der Waals surface area contributed by atoms with Gasteiger partial charge in [0.1, 0.15) is 0 Å². The summed E-state index contributed by atoms with van der Waals surface area (Å²) in [5.74, 6) is 0.803. The van der Waals surface area contributed by atoms with Crippen LogP contribution in [0.3, 0.4) is 0 Å². The SMILES string of the molecule is Nc1nc2c(s1)C[C@@H]1NCCC[C@H]1C2. The second-order valence-corrected chi connectivity index (χ2v) is 5.41. The third kappa shape index (κ3) is 1.33. The number of hydrogen-bond acceptors (Lipinski definition) is 4. The lowest BCUT2D eigenvalue weighted by Gasteiger charge is -2.35. The van der Waals surface area contributed by atoms with Gasteiger partial charge >= 0.3 is 0 Å². The molecule has 1 saturated heterocycles. The highest BCUT2D eigenvalue weighted by Gasteiger charge is 2.32. The summed E-state index contributed by atoms with van der Waals surface area (Å²) in [6, 6.07) is 0.691. The molecule has 0 aromatic carbocycles. The van der Waals surface area contributed by atoms with Gasteiger partial charge in [-0.3, -0.25) is 0 Å². The van der Waals surface area contributed by atoms with Crippen LogP contribution in [0, 0.1) is 5.92 Å². The van der Waals surface area contributed by atoms with Crippen molar-refractivity contribution >= 4 is 16.5 Å². The number of hydrogen-bond donors (Lipinski definition) is 2. The zero-order chi connectivity index (χ0) is 9.54. The van der Waals surface area contributed by atoms with Crippen LogP contribution in [-0.4, -0.2) is 17.6 Å². The van der Waals surface area contributed by atoms with Crippen LogP contribution in [0.5, 0.6) is 0 Å². The minimum atomic E-state index is 0.691. The number of piperidine rings is 1. The number of thiazole rings is 1. The topological polar surface area (TPSA) is 50.9 Å². The molecule has 3 N–H and O–H groups in total. The first-order valence-electron chi connectivity index (χ1n) is 5.30. The van der Waals surface area contributed by atoms with Gasteiger partial charge in [-0.05, 0) is 38.1 Å². The number of anilines is 1. The number of nitrogens with zero attached hydrogens (tertiary/aromatic N) is 1. The van der Waals surface area contributed by atoms with Crippen LogP contribution in [0.2, 0.25) is 0 Å². The van der Waals surface area contributed by atoms with Crippen LogP contribution in [0.25, 0.3) is 0 Å². The molecule has 76 valence electrons. The second kappa shape index (κ2) is 3.21. The molecule has 1 aliphatic carbocycles. The third-order valence-electron chi connectivity index (χ3n) is 3.38. The van der Waals surface area contributed by atoms with Crippen molar-refractivity contribution in [2.24, 2.45) is 5.92 Å². The average Bonchev–Trinajstić information content (AvgIpc) is 2.53. The molecular formula is C10H15N3S. The highest BCUT2D eigenvalue weighted by Crippen LogP contribution is 2.34. The Morgan fingerprint density at radius 3 is 3.29 bits per heavy atom. The number of rotatable bonds is 0. The van der Waals surface area contributed by atoms with Gasteiger partial charge in [0.15, 0.2) is 5.13 Å². The zero-order valence-electron chi connectivity index (χ0n) is 8.12. The Bertz CT molecular complexity index is 316. The fourth-order valence-corrected chi connectivity index (χ4v) is 3.59. The molecule has 0 unspecified atom stereocenters. The molecule has 2 atom stereocenters. The van der Waals surface area contributed by atoms with E-state index < -0.39 is 0 Å². The fraction of sp³-hybridized carbons (Fsp3) is 0.700. The van der Waals surface area contributed by atoms with Crippen molar-refractivity contribution in [1.29, 1.82) is 0 Å². The summed E-state index contributed by atoms with van der Waals surface area (Å²) in [5, 5.41) is 4.35. The monoisotopic (exact) mass is 209 g/mol. The van der Waals surface area contributed by atoms with E-state index in [1.165, 1.54) is 30.0 Å². The summed E-state index contributed by atoms with van der Waals surface area (Å²) in [6.45, 7) is 1.19. The normalized spacial score (nSPS) is 30.9. The van der Waals surface area contributed by atoms with Gasteiger partial charge in [-0.1, -0.05) is 0 Å². The summed E-state index contributed by atoms with van der Waals surface area (Å²) >= 11 is 1.67. The standard InChI is InChI=1S/C10H15N3S/c11-10-13-8-4-6-2-1-3-12-7(6)5-9(8)14-10/h6-7,12H,1-5H2,(H2,11,13)/t6-,7-/m0/s1. The zero-order valence-corrected chi connectivity index (χ0v) is 8.94. The molecule has 1 aromatic rings. The second-order valence-electron chi connectivity index (χ2n) is 4.29. The minimum absolute atomic E-state index is 0.691.